The summed E-state index contributed by atoms with van der Waals surface area (Å²) in [6.45, 7) is 4.09. The molecule has 36 heavy (non-hydrogen) atoms. The van der Waals surface area contributed by atoms with E-state index in [4.69, 9.17) is 14.2 Å². The van der Waals surface area contributed by atoms with Crippen LogP contribution in [0.3, 0.4) is 0 Å². The molecule has 0 N–H and O–H groups in total. The average molecular weight is 480 g/mol. The van der Waals surface area contributed by atoms with Gasteiger partial charge in [-0.15, -0.1) is 0 Å². The Labute approximate surface area is 209 Å². The van der Waals surface area contributed by atoms with Gasteiger partial charge in [-0.25, -0.2) is 4.79 Å². The summed E-state index contributed by atoms with van der Waals surface area (Å²) in [5.74, 6) is 0.355. The molecule has 1 aromatic heterocycles. The van der Waals surface area contributed by atoms with Crippen molar-refractivity contribution < 1.29 is 23.8 Å². The van der Waals surface area contributed by atoms with Gasteiger partial charge in [-0.1, -0.05) is 60.7 Å². The van der Waals surface area contributed by atoms with Crippen LogP contribution in [0.25, 0.3) is 22.4 Å². The summed E-state index contributed by atoms with van der Waals surface area (Å²) < 4.78 is 17.0. The fraction of sp³-hybridized carbons (Fsp3) is 0.167. The van der Waals surface area contributed by atoms with Crippen LogP contribution in [-0.2, 0) is 11.3 Å². The third-order valence-corrected chi connectivity index (χ3v) is 6.20. The van der Waals surface area contributed by atoms with E-state index in [-0.39, 0.29) is 18.0 Å². The summed E-state index contributed by atoms with van der Waals surface area (Å²) in [4.78, 5) is 31.3. The van der Waals surface area contributed by atoms with Gasteiger partial charge in [0.2, 0.25) is 0 Å². The highest BCUT2D eigenvalue weighted by atomic mass is 16.5. The van der Waals surface area contributed by atoms with Gasteiger partial charge in [0.05, 0.1) is 36.2 Å². The van der Waals surface area contributed by atoms with Crippen molar-refractivity contribution in [1.29, 1.82) is 0 Å². The van der Waals surface area contributed by atoms with Gasteiger partial charge in [-0.05, 0) is 37.1 Å². The summed E-state index contributed by atoms with van der Waals surface area (Å²) >= 11 is 0. The number of nitrogens with zero attached hydrogens (tertiary/aromatic N) is 1. The van der Waals surface area contributed by atoms with E-state index in [2.05, 4.69) is 4.98 Å². The Hall–Kier alpha value is -4.45. The van der Waals surface area contributed by atoms with Crippen LogP contribution in [-0.4, -0.2) is 30.5 Å². The zero-order valence-electron chi connectivity index (χ0n) is 20.3. The van der Waals surface area contributed by atoms with E-state index >= 15 is 0 Å². The molecule has 1 aliphatic rings. The molecule has 0 fully saturated rings. The Bertz CT molecular complexity index is 1480. The van der Waals surface area contributed by atoms with Crippen molar-refractivity contribution in [3.8, 4) is 33.9 Å². The molecular formula is C30H25NO5. The number of ether oxygens (including phenoxy) is 3. The summed E-state index contributed by atoms with van der Waals surface area (Å²) in [5, 5.41) is 0. The second-order valence-corrected chi connectivity index (χ2v) is 8.41. The fourth-order valence-electron chi connectivity index (χ4n) is 4.56. The van der Waals surface area contributed by atoms with Crippen molar-refractivity contribution in [2.45, 2.75) is 20.5 Å². The number of aromatic nitrogens is 1. The van der Waals surface area contributed by atoms with Crippen LogP contribution >= 0.6 is 0 Å². The average Bonchev–Trinajstić information content (AvgIpc) is 3.18. The number of fused-ring (bicyclic) bond motifs is 3. The number of hydrogen-bond donors (Lipinski definition) is 0. The highest BCUT2D eigenvalue weighted by Gasteiger charge is 2.35. The lowest BCUT2D eigenvalue weighted by molar-refractivity contribution is 0.0526. The first kappa shape index (κ1) is 23.3. The molecule has 1 heterocycles. The van der Waals surface area contributed by atoms with E-state index in [0.29, 0.717) is 51.7 Å². The Morgan fingerprint density at radius 1 is 0.889 bits per heavy atom. The minimum atomic E-state index is -0.521. The molecule has 1 aliphatic carbocycles. The van der Waals surface area contributed by atoms with Gasteiger partial charge in [0.25, 0.3) is 0 Å². The Morgan fingerprint density at radius 3 is 2.33 bits per heavy atom. The molecule has 0 atom stereocenters. The Morgan fingerprint density at radius 2 is 1.61 bits per heavy atom. The summed E-state index contributed by atoms with van der Waals surface area (Å²) in [7, 11) is 1.56. The molecule has 5 rings (SSSR count). The monoisotopic (exact) mass is 479 g/mol. The SMILES string of the molecule is CCOC(=O)c1c(C)nc2c(c1-c1ccc(OCc3ccccc3)c(OC)c1)C(=O)c1ccccc1-2. The number of carbonyl (C=O) groups excluding carboxylic acids is 2. The number of benzene rings is 3. The number of methoxy groups -OCH3 is 1. The first-order valence-corrected chi connectivity index (χ1v) is 11.7. The maximum atomic E-state index is 13.6. The molecule has 4 aromatic rings. The molecule has 0 spiro atoms. The van der Waals surface area contributed by atoms with Crippen molar-refractivity contribution in [3.05, 3.63) is 101 Å². The van der Waals surface area contributed by atoms with Crippen molar-refractivity contribution >= 4 is 11.8 Å². The first-order chi connectivity index (χ1) is 17.5. The highest BCUT2D eigenvalue weighted by molar-refractivity contribution is 6.25. The van der Waals surface area contributed by atoms with E-state index in [1.165, 1.54) is 0 Å². The number of rotatable bonds is 7. The second kappa shape index (κ2) is 9.66. The smallest absolute Gasteiger partial charge is 0.340 e. The molecule has 6 nitrogen and oxygen atoms in total. The van der Waals surface area contributed by atoms with Gasteiger partial charge in [0, 0.05) is 16.7 Å². The van der Waals surface area contributed by atoms with Crippen LogP contribution in [0.2, 0.25) is 0 Å². The zero-order chi connectivity index (χ0) is 25.2. The van der Waals surface area contributed by atoms with Crippen molar-refractivity contribution in [2.24, 2.45) is 0 Å². The van der Waals surface area contributed by atoms with Crippen LogP contribution < -0.4 is 9.47 Å². The van der Waals surface area contributed by atoms with Gasteiger partial charge in [0.1, 0.15) is 6.61 Å². The maximum Gasteiger partial charge on any atom is 0.340 e. The van der Waals surface area contributed by atoms with Gasteiger partial charge in [-0.2, -0.15) is 0 Å². The van der Waals surface area contributed by atoms with E-state index in [0.717, 1.165) is 11.1 Å². The topological polar surface area (TPSA) is 74.7 Å². The number of ketones is 1. The van der Waals surface area contributed by atoms with E-state index < -0.39 is 5.97 Å². The fourth-order valence-corrected chi connectivity index (χ4v) is 4.56. The van der Waals surface area contributed by atoms with Crippen molar-refractivity contribution in [1.82, 2.24) is 4.98 Å². The quantitative estimate of drug-likeness (QED) is 0.265. The predicted molar refractivity (Wildman–Crippen MR) is 137 cm³/mol. The number of hydrogen-bond acceptors (Lipinski definition) is 6. The molecule has 0 amide bonds. The second-order valence-electron chi connectivity index (χ2n) is 8.41. The number of esters is 1. The Balaban J connectivity index is 1.66. The molecule has 0 unspecified atom stereocenters. The van der Waals surface area contributed by atoms with Gasteiger partial charge in [0.15, 0.2) is 17.3 Å². The highest BCUT2D eigenvalue weighted by Crippen LogP contribution is 2.44. The van der Waals surface area contributed by atoms with Crippen molar-refractivity contribution in [2.75, 3.05) is 13.7 Å². The first-order valence-electron chi connectivity index (χ1n) is 11.7. The van der Waals surface area contributed by atoms with Gasteiger partial charge in [-0.3, -0.25) is 9.78 Å². The largest absolute Gasteiger partial charge is 0.493 e. The van der Waals surface area contributed by atoms with E-state index in [1.807, 2.05) is 54.6 Å². The van der Waals surface area contributed by atoms with Gasteiger partial charge >= 0.3 is 5.97 Å². The van der Waals surface area contributed by atoms with Crippen LogP contribution in [0.5, 0.6) is 11.5 Å². The Kier molecular flexibility index (Phi) is 6.25. The molecule has 180 valence electrons. The summed E-state index contributed by atoms with van der Waals surface area (Å²) in [5.41, 5.74) is 5.22. The zero-order valence-corrected chi connectivity index (χ0v) is 20.3. The number of aryl methyl sites for hydroxylation is 1. The molecule has 6 heteroatoms. The molecule has 0 saturated heterocycles. The molecule has 0 saturated carbocycles. The van der Waals surface area contributed by atoms with Crippen molar-refractivity contribution in [3.63, 3.8) is 0 Å². The molecule has 0 aliphatic heterocycles. The molecule has 3 aromatic carbocycles. The minimum Gasteiger partial charge on any atom is -0.493 e. The number of carbonyl (C=O) groups is 2. The minimum absolute atomic E-state index is 0.169. The summed E-state index contributed by atoms with van der Waals surface area (Å²) in [6, 6.07) is 22.6. The van der Waals surface area contributed by atoms with Crippen LogP contribution in [0.15, 0.2) is 72.8 Å². The molecule has 0 bridgehead atoms. The van der Waals surface area contributed by atoms with E-state index in [9.17, 15) is 9.59 Å². The molecule has 0 radical (unpaired) electrons. The third-order valence-electron chi connectivity index (χ3n) is 6.20. The van der Waals surface area contributed by atoms with E-state index in [1.54, 1.807) is 39.2 Å². The number of pyridine rings is 1. The van der Waals surface area contributed by atoms with Crippen LogP contribution in [0.1, 0.15) is 44.5 Å². The summed E-state index contributed by atoms with van der Waals surface area (Å²) in [6.07, 6.45) is 0. The van der Waals surface area contributed by atoms with Crippen LogP contribution in [0, 0.1) is 6.92 Å². The lowest BCUT2D eigenvalue weighted by atomic mass is 9.91. The lowest BCUT2D eigenvalue weighted by Crippen LogP contribution is -2.13. The maximum absolute atomic E-state index is 13.6. The standard InChI is InChI=1S/C30H25NO5/c1-4-35-30(33)25-18(2)31-28-21-12-8-9-13-22(21)29(32)27(28)26(25)20-14-15-23(24(16-20)34-3)36-17-19-10-6-5-7-11-19/h5-16H,4,17H2,1-3H3. The molecular weight excluding hydrogens is 454 g/mol. The normalized spacial score (nSPS) is 11.6. The van der Waals surface area contributed by atoms with Crippen LogP contribution in [0.4, 0.5) is 0 Å². The predicted octanol–water partition coefficient (Wildman–Crippen LogP) is 6.03. The van der Waals surface area contributed by atoms with Gasteiger partial charge < -0.3 is 14.2 Å². The lowest BCUT2D eigenvalue weighted by Gasteiger charge is -2.17. The third kappa shape index (κ3) is 4.01.